The van der Waals surface area contributed by atoms with Crippen LogP contribution in [0.5, 0.6) is 0 Å². The van der Waals surface area contributed by atoms with E-state index in [9.17, 15) is 23.3 Å². The number of hydrogen-bond donors (Lipinski definition) is 1. The van der Waals surface area contributed by atoms with Gasteiger partial charge in [0.25, 0.3) is 5.69 Å². The van der Waals surface area contributed by atoms with E-state index in [1.54, 1.807) is 12.1 Å². The number of nitrogens with zero attached hydrogens (tertiary/aromatic N) is 2. The molecule has 1 atom stereocenters. The molecule has 0 aliphatic carbocycles. The highest BCUT2D eigenvalue weighted by Crippen LogP contribution is 2.27. The first-order valence-electron chi connectivity index (χ1n) is 8.43. The number of sulfonamides is 1. The molecule has 142 valence electrons. The third-order valence-electron chi connectivity index (χ3n) is 4.48. The van der Waals surface area contributed by atoms with E-state index in [2.05, 4.69) is 5.32 Å². The van der Waals surface area contributed by atoms with Gasteiger partial charge in [-0.1, -0.05) is 17.7 Å². The molecule has 1 heterocycles. The molecular formula is C18H19N3O5S. The molecule has 0 bridgehead atoms. The minimum atomic E-state index is -3.78. The summed E-state index contributed by atoms with van der Waals surface area (Å²) in [5.41, 5.74) is 1.24. The van der Waals surface area contributed by atoms with Crippen LogP contribution in [-0.4, -0.2) is 36.1 Å². The summed E-state index contributed by atoms with van der Waals surface area (Å²) in [6.07, 6.45) is 1.01. The average molecular weight is 389 g/mol. The van der Waals surface area contributed by atoms with Gasteiger partial charge in [-0.15, -0.1) is 0 Å². The molecule has 1 saturated heterocycles. The summed E-state index contributed by atoms with van der Waals surface area (Å²) < 4.78 is 27.0. The third-order valence-corrected chi connectivity index (χ3v) is 6.40. The van der Waals surface area contributed by atoms with Crippen LogP contribution in [0.1, 0.15) is 18.4 Å². The molecule has 1 fully saturated rings. The molecule has 1 N–H and O–H groups in total. The average Bonchev–Trinajstić information content (AvgIpc) is 3.13. The number of nitro benzene ring substituents is 1. The van der Waals surface area contributed by atoms with Gasteiger partial charge in [0.2, 0.25) is 15.9 Å². The zero-order valence-electron chi connectivity index (χ0n) is 14.7. The van der Waals surface area contributed by atoms with Crippen molar-refractivity contribution in [2.24, 2.45) is 0 Å². The predicted molar refractivity (Wildman–Crippen MR) is 99.8 cm³/mol. The van der Waals surface area contributed by atoms with Crippen LogP contribution in [0, 0.1) is 17.0 Å². The van der Waals surface area contributed by atoms with Gasteiger partial charge in [-0.05, 0) is 44.0 Å². The molecule has 1 amide bonds. The Morgan fingerprint density at radius 2 is 1.78 bits per heavy atom. The van der Waals surface area contributed by atoms with E-state index in [0.29, 0.717) is 18.5 Å². The standard InChI is InChI=1S/C18H19N3O5S/c1-13-4-10-16(11-5-13)27(25,26)20-12-2-3-17(20)18(22)19-14-6-8-15(9-7-14)21(23)24/h4-11,17H,2-3,12H2,1H3,(H,19,22)/t17-/m0/s1. The molecule has 0 radical (unpaired) electrons. The number of aryl methyl sites for hydroxylation is 1. The van der Waals surface area contributed by atoms with Crippen LogP contribution in [0.3, 0.4) is 0 Å². The van der Waals surface area contributed by atoms with Gasteiger partial charge in [0.15, 0.2) is 0 Å². The number of carbonyl (C=O) groups excluding carboxylic acids is 1. The number of anilines is 1. The second kappa shape index (κ2) is 7.45. The van der Waals surface area contributed by atoms with Gasteiger partial charge in [0, 0.05) is 24.4 Å². The number of hydrogen-bond acceptors (Lipinski definition) is 5. The lowest BCUT2D eigenvalue weighted by molar-refractivity contribution is -0.384. The largest absolute Gasteiger partial charge is 0.325 e. The van der Waals surface area contributed by atoms with Gasteiger partial charge < -0.3 is 5.32 Å². The quantitative estimate of drug-likeness (QED) is 0.624. The Bertz CT molecular complexity index is 955. The van der Waals surface area contributed by atoms with Crippen molar-refractivity contribution in [3.05, 3.63) is 64.2 Å². The Balaban J connectivity index is 1.78. The van der Waals surface area contributed by atoms with Crippen LogP contribution in [0.15, 0.2) is 53.4 Å². The van der Waals surface area contributed by atoms with Crippen LogP contribution >= 0.6 is 0 Å². The summed E-state index contributed by atoms with van der Waals surface area (Å²) in [5, 5.41) is 13.3. The Morgan fingerprint density at radius 1 is 1.15 bits per heavy atom. The summed E-state index contributed by atoms with van der Waals surface area (Å²) >= 11 is 0. The number of rotatable bonds is 5. The maximum atomic E-state index is 12.9. The van der Waals surface area contributed by atoms with Crippen molar-refractivity contribution < 1.29 is 18.1 Å². The van der Waals surface area contributed by atoms with Crippen LogP contribution < -0.4 is 5.32 Å². The van der Waals surface area contributed by atoms with Gasteiger partial charge in [0.05, 0.1) is 9.82 Å². The first-order valence-corrected chi connectivity index (χ1v) is 9.87. The van der Waals surface area contributed by atoms with E-state index in [1.807, 2.05) is 6.92 Å². The van der Waals surface area contributed by atoms with E-state index < -0.39 is 26.9 Å². The Hall–Kier alpha value is -2.78. The van der Waals surface area contributed by atoms with Gasteiger partial charge in [-0.3, -0.25) is 14.9 Å². The van der Waals surface area contributed by atoms with E-state index in [-0.39, 0.29) is 17.1 Å². The Labute approximate surface area is 157 Å². The van der Waals surface area contributed by atoms with Crippen LogP contribution in [0.2, 0.25) is 0 Å². The van der Waals surface area contributed by atoms with Crippen molar-refractivity contribution in [2.45, 2.75) is 30.7 Å². The van der Waals surface area contributed by atoms with Crippen molar-refractivity contribution in [2.75, 3.05) is 11.9 Å². The van der Waals surface area contributed by atoms with Crippen LogP contribution in [0.25, 0.3) is 0 Å². The van der Waals surface area contributed by atoms with E-state index in [0.717, 1.165) is 5.56 Å². The van der Waals surface area contributed by atoms with Crippen LogP contribution in [-0.2, 0) is 14.8 Å². The highest BCUT2D eigenvalue weighted by molar-refractivity contribution is 7.89. The van der Waals surface area contributed by atoms with Crippen molar-refractivity contribution in [3.63, 3.8) is 0 Å². The van der Waals surface area contributed by atoms with E-state index in [4.69, 9.17) is 0 Å². The molecule has 1 aliphatic rings. The smallest absolute Gasteiger partial charge is 0.269 e. The zero-order valence-corrected chi connectivity index (χ0v) is 15.5. The normalized spacial score (nSPS) is 17.6. The number of nitro groups is 1. The molecular weight excluding hydrogens is 370 g/mol. The lowest BCUT2D eigenvalue weighted by Gasteiger charge is -2.23. The summed E-state index contributed by atoms with van der Waals surface area (Å²) in [5.74, 6) is -0.447. The first kappa shape index (κ1) is 19.0. The lowest BCUT2D eigenvalue weighted by atomic mass is 10.2. The Morgan fingerprint density at radius 3 is 2.37 bits per heavy atom. The molecule has 9 heteroatoms. The summed E-state index contributed by atoms with van der Waals surface area (Å²) in [6.45, 7) is 2.14. The van der Waals surface area contributed by atoms with Gasteiger partial charge in [-0.25, -0.2) is 8.42 Å². The minimum Gasteiger partial charge on any atom is -0.325 e. The third kappa shape index (κ3) is 3.99. The number of non-ortho nitro benzene ring substituents is 1. The van der Waals surface area contributed by atoms with Gasteiger partial charge in [-0.2, -0.15) is 4.31 Å². The number of benzene rings is 2. The molecule has 8 nitrogen and oxygen atoms in total. The molecule has 0 spiro atoms. The fraction of sp³-hybridized carbons (Fsp3) is 0.278. The van der Waals surface area contributed by atoms with E-state index >= 15 is 0 Å². The molecule has 2 aromatic rings. The van der Waals surface area contributed by atoms with Crippen molar-refractivity contribution in [3.8, 4) is 0 Å². The Kier molecular flexibility index (Phi) is 5.24. The fourth-order valence-electron chi connectivity index (χ4n) is 3.03. The summed E-state index contributed by atoms with van der Waals surface area (Å²) in [6, 6.07) is 11.1. The predicted octanol–water partition coefficient (Wildman–Crippen LogP) is 2.70. The van der Waals surface area contributed by atoms with E-state index in [1.165, 1.54) is 40.7 Å². The second-order valence-corrected chi connectivity index (χ2v) is 8.27. The fourth-order valence-corrected chi connectivity index (χ4v) is 4.68. The van der Waals surface area contributed by atoms with Crippen molar-refractivity contribution >= 4 is 27.3 Å². The molecule has 1 aliphatic heterocycles. The number of nitrogens with one attached hydrogen (secondary N) is 1. The maximum absolute atomic E-state index is 12.9. The summed E-state index contributed by atoms with van der Waals surface area (Å²) in [7, 11) is -3.78. The number of amides is 1. The second-order valence-electron chi connectivity index (χ2n) is 6.38. The van der Waals surface area contributed by atoms with Crippen molar-refractivity contribution in [1.29, 1.82) is 0 Å². The number of carbonyl (C=O) groups is 1. The van der Waals surface area contributed by atoms with Crippen LogP contribution in [0.4, 0.5) is 11.4 Å². The highest BCUT2D eigenvalue weighted by atomic mass is 32.2. The topological polar surface area (TPSA) is 110 Å². The van der Waals surface area contributed by atoms with Gasteiger partial charge in [0.1, 0.15) is 6.04 Å². The lowest BCUT2D eigenvalue weighted by Crippen LogP contribution is -2.43. The zero-order chi connectivity index (χ0) is 19.6. The minimum absolute atomic E-state index is 0.0857. The molecule has 27 heavy (non-hydrogen) atoms. The van der Waals surface area contributed by atoms with Crippen molar-refractivity contribution in [1.82, 2.24) is 4.31 Å². The molecule has 0 aromatic heterocycles. The first-order chi connectivity index (χ1) is 12.8. The summed E-state index contributed by atoms with van der Waals surface area (Å²) in [4.78, 5) is 22.9. The maximum Gasteiger partial charge on any atom is 0.269 e. The highest BCUT2D eigenvalue weighted by Gasteiger charge is 2.39. The monoisotopic (exact) mass is 389 g/mol. The SMILES string of the molecule is Cc1ccc(S(=O)(=O)N2CCC[C@H]2C(=O)Nc2ccc([N+](=O)[O-])cc2)cc1. The van der Waals surface area contributed by atoms with Gasteiger partial charge >= 0.3 is 0 Å². The molecule has 2 aromatic carbocycles. The molecule has 0 unspecified atom stereocenters. The molecule has 0 saturated carbocycles. The molecule has 3 rings (SSSR count).